The van der Waals surface area contributed by atoms with Gasteiger partial charge in [-0.25, -0.2) is 0 Å². The van der Waals surface area contributed by atoms with Crippen molar-refractivity contribution in [3.63, 3.8) is 0 Å². The second kappa shape index (κ2) is 9.94. The van der Waals surface area contributed by atoms with E-state index in [1.807, 2.05) is 0 Å². The number of aliphatic carboxylic acids is 2. The standard InChI is InChI=1S/C23H34N2O6/c1-24-20(27)17-9-19(22(30)31)23(13-26,10-18(17)21(28)29)12-25-11-16-8-7-15(16)6-5-14-3-2-4-14/h7,13-14,16-19,25H,2-6,8-12H2,1H3,(H,24,27)(H,28,29)(H,30,31). The Hall–Kier alpha value is -2.22. The van der Waals surface area contributed by atoms with Crippen LogP contribution in [0.15, 0.2) is 11.6 Å². The van der Waals surface area contributed by atoms with Gasteiger partial charge in [0, 0.05) is 20.1 Å². The van der Waals surface area contributed by atoms with Gasteiger partial charge in [-0.1, -0.05) is 30.9 Å². The van der Waals surface area contributed by atoms with E-state index in [4.69, 9.17) is 0 Å². The monoisotopic (exact) mass is 434 g/mol. The van der Waals surface area contributed by atoms with Crippen molar-refractivity contribution in [2.45, 2.75) is 51.4 Å². The van der Waals surface area contributed by atoms with Gasteiger partial charge in [0.25, 0.3) is 0 Å². The highest BCUT2D eigenvalue weighted by Crippen LogP contribution is 2.46. The average Bonchev–Trinajstić information content (AvgIpc) is 2.70. The minimum atomic E-state index is -1.35. The molecule has 172 valence electrons. The average molecular weight is 435 g/mol. The molecule has 3 rings (SSSR count). The molecule has 8 heteroatoms. The minimum absolute atomic E-state index is 0.101. The molecule has 2 saturated carbocycles. The van der Waals surface area contributed by atoms with Crippen molar-refractivity contribution >= 4 is 24.1 Å². The maximum Gasteiger partial charge on any atom is 0.307 e. The van der Waals surface area contributed by atoms with E-state index in [0.717, 1.165) is 18.8 Å². The molecule has 2 fully saturated rings. The van der Waals surface area contributed by atoms with Gasteiger partial charge in [-0.3, -0.25) is 14.4 Å². The molecule has 0 saturated heterocycles. The number of aldehydes is 1. The van der Waals surface area contributed by atoms with E-state index in [2.05, 4.69) is 16.7 Å². The fraction of sp³-hybridized carbons (Fsp3) is 0.739. The first-order valence-electron chi connectivity index (χ1n) is 11.3. The summed E-state index contributed by atoms with van der Waals surface area (Å²) >= 11 is 0. The van der Waals surface area contributed by atoms with Gasteiger partial charge in [0.15, 0.2) is 0 Å². The second-order valence-corrected chi connectivity index (χ2v) is 9.53. The van der Waals surface area contributed by atoms with Gasteiger partial charge in [0.2, 0.25) is 5.91 Å². The molecule has 0 aliphatic heterocycles. The third kappa shape index (κ3) is 5.00. The number of hydrogen-bond donors (Lipinski definition) is 4. The second-order valence-electron chi connectivity index (χ2n) is 9.53. The summed E-state index contributed by atoms with van der Waals surface area (Å²) in [6.07, 6.45) is 9.83. The number of carboxylic acid groups (broad SMARTS) is 2. The smallest absolute Gasteiger partial charge is 0.307 e. The molecule has 0 radical (unpaired) electrons. The Morgan fingerprint density at radius 3 is 2.42 bits per heavy atom. The Kier molecular flexibility index (Phi) is 7.51. The lowest BCUT2D eigenvalue weighted by atomic mass is 9.59. The summed E-state index contributed by atoms with van der Waals surface area (Å²) in [5.41, 5.74) is 0.0833. The van der Waals surface area contributed by atoms with Crippen molar-refractivity contribution in [2.75, 3.05) is 20.1 Å². The fourth-order valence-electron chi connectivity index (χ4n) is 5.40. The van der Waals surface area contributed by atoms with E-state index in [1.165, 1.54) is 38.3 Å². The molecule has 3 aliphatic carbocycles. The van der Waals surface area contributed by atoms with E-state index in [-0.39, 0.29) is 19.4 Å². The van der Waals surface area contributed by atoms with Crippen molar-refractivity contribution in [3.05, 3.63) is 11.6 Å². The van der Waals surface area contributed by atoms with Crippen molar-refractivity contribution in [2.24, 2.45) is 35.0 Å². The number of amides is 1. The number of carboxylic acids is 2. The van der Waals surface area contributed by atoms with Crippen molar-refractivity contribution < 1.29 is 29.4 Å². The first-order valence-corrected chi connectivity index (χ1v) is 11.3. The lowest BCUT2D eigenvalue weighted by molar-refractivity contribution is -0.163. The summed E-state index contributed by atoms with van der Waals surface area (Å²) in [5, 5.41) is 25.1. The van der Waals surface area contributed by atoms with Crippen LogP contribution >= 0.6 is 0 Å². The summed E-state index contributed by atoms with van der Waals surface area (Å²) in [7, 11) is 1.40. The maximum atomic E-state index is 12.2. The van der Waals surface area contributed by atoms with Crippen LogP contribution in [0.2, 0.25) is 0 Å². The molecule has 5 unspecified atom stereocenters. The third-order valence-electron chi connectivity index (χ3n) is 7.80. The SMILES string of the molecule is CNC(=O)C1CC(C(=O)O)C(C=O)(CNCC2CC=C2CCC2CCC2)CC1C(=O)O. The number of rotatable bonds is 11. The molecule has 0 aromatic carbocycles. The molecular weight excluding hydrogens is 400 g/mol. The van der Waals surface area contributed by atoms with E-state index in [9.17, 15) is 29.4 Å². The van der Waals surface area contributed by atoms with Gasteiger partial charge in [-0.2, -0.15) is 0 Å². The van der Waals surface area contributed by atoms with Crippen LogP contribution in [0.5, 0.6) is 0 Å². The van der Waals surface area contributed by atoms with Gasteiger partial charge in [-0.15, -0.1) is 0 Å². The van der Waals surface area contributed by atoms with E-state index >= 15 is 0 Å². The maximum absolute atomic E-state index is 12.2. The molecular formula is C23H34N2O6. The number of hydrogen-bond acceptors (Lipinski definition) is 5. The van der Waals surface area contributed by atoms with Gasteiger partial charge < -0.3 is 25.6 Å². The van der Waals surface area contributed by atoms with Crippen molar-refractivity contribution in [1.29, 1.82) is 0 Å². The third-order valence-corrected chi connectivity index (χ3v) is 7.80. The molecule has 3 aliphatic rings. The normalized spacial score (nSPS) is 32.9. The van der Waals surface area contributed by atoms with Crippen molar-refractivity contribution in [3.8, 4) is 0 Å². The molecule has 5 atom stereocenters. The molecule has 0 aromatic heterocycles. The van der Waals surface area contributed by atoms with Crippen LogP contribution in [0.3, 0.4) is 0 Å². The molecule has 4 N–H and O–H groups in total. The highest BCUT2D eigenvalue weighted by molar-refractivity contribution is 5.87. The fourth-order valence-corrected chi connectivity index (χ4v) is 5.40. The zero-order valence-electron chi connectivity index (χ0n) is 18.1. The number of carbonyl (C=O) groups is 4. The van der Waals surface area contributed by atoms with Crippen LogP contribution < -0.4 is 10.6 Å². The number of nitrogens with one attached hydrogen (secondary N) is 2. The Balaban J connectivity index is 1.63. The summed E-state index contributed by atoms with van der Waals surface area (Å²) in [5.74, 6) is -4.77. The lowest BCUT2D eigenvalue weighted by Crippen LogP contribution is -2.55. The minimum Gasteiger partial charge on any atom is -0.481 e. The van der Waals surface area contributed by atoms with Gasteiger partial charge in [0.1, 0.15) is 6.29 Å². The molecule has 1 amide bonds. The van der Waals surface area contributed by atoms with Crippen molar-refractivity contribution in [1.82, 2.24) is 10.6 Å². The summed E-state index contributed by atoms with van der Waals surface area (Å²) in [6.45, 7) is 0.749. The first kappa shape index (κ1) is 23.4. The number of allylic oxidation sites excluding steroid dienone is 1. The molecule has 0 aromatic rings. The van der Waals surface area contributed by atoms with Gasteiger partial charge >= 0.3 is 11.9 Å². The largest absolute Gasteiger partial charge is 0.481 e. The van der Waals surface area contributed by atoms with Gasteiger partial charge in [0.05, 0.1) is 23.2 Å². The number of carbonyl (C=O) groups excluding carboxylic acids is 2. The molecule has 0 spiro atoms. The van der Waals surface area contributed by atoms with Crippen LogP contribution in [0.1, 0.15) is 51.4 Å². The van der Waals surface area contributed by atoms with Crippen LogP contribution in [0, 0.1) is 35.0 Å². The highest BCUT2D eigenvalue weighted by atomic mass is 16.4. The van der Waals surface area contributed by atoms with Crippen LogP contribution in [-0.4, -0.2) is 54.5 Å². The lowest BCUT2D eigenvalue weighted by Gasteiger charge is -2.44. The zero-order chi connectivity index (χ0) is 22.6. The van der Waals surface area contributed by atoms with Crippen LogP contribution in [0.4, 0.5) is 0 Å². The molecule has 0 heterocycles. The predicted octanol–water partition coefficient (Wildman–Crippen LogP) is 1.85. The zero-order valence-corrected chi connectivity index (χ0v) is 18.1. The Morgan fingerprint density at radius 1 is 1.19 bits per heavy atom. The Labute approximate surface area is 182 Å². The summed E-state index contributed by atoms with van der Waals surface area (Å²) in [4.78, 5) is 48.2. The topological polar surface area (TPSA) is 133 Å². The summed E-state index contributed by atoms with van der Waals surface area (Å²) < 4.78 is 0. The van der Waals surface area contributed by atoms with E-state index in [0.29, 0.717) is 18.7 Å². The Morgan fingerprint density at radius 2 is 1.94 bits per heavy atom. The van der Waals surface area contributed by atoms with Crippen LogP contribution in [-0.2, 0) is 19.2 Å². The van der Waals surface area contributed by atoms with Crippen LogP contribution in [0.25, 0.3) is 0 Å². The molecule has 8 nitrogen and oxygen atoms in total. The summed E-state index contributed by atoms with van der Waals surface area (Å²) in [6, 6.07) is 0. The molecule has 31 heavy (non-hydrogen) atoms. The van der Waals surface area contributed by atoms with Gasteiger partial charge in [-0.05, 0) is 43.9 Å². The first-order chi connectivity index (χ1) is 14.8. The highest BCUT2D eigenvalue weighted by Gasteiger charge is 2.54. The van der Waals surface area contributed by atoms with E-state index in [1.54, 1.807) is 0 Å². The molecule has 0 bridgehead atoms. The predicted molar refractivity (Wildman–Crippen MR) is 113 cm³/mol. The Bertz CT molecular complexity index is 746. The quantitative estimate of drug-likeness (QED) is 0.288. The van der Waals surface area contributed by atoms with E-state index < -0.39 is 41.0 Å².